The smallest absolute Gasteiger partial charge is 0.0667 e. The van der Waals surface area contributed by atoms with Gasteiger partial charge in [0.2, 0.25) is 0 Å². The van der Waals surface area contributed by atoms with Crippen LogP contribution >= 0.6 is 0 Å². The van der Waals surface area contributed by atoms with Crippen molar-refractivity contribution < 1.29 is 5.11 Å². The summed E-state index contributed by atoms with van der Waals surface area (Å²) in [5.41, 5.74) is 0. The van der Waals surface area contributed by atoms with Crippen molar-refractivity contribution in [3.8, 4) is 0 Å². The molecule has 4 atom stereocenters. The molecule has 58 valence electrons. The molecule has 2 unspecified atom stereocenters. The zero-order chi connectivity index (χ0) is 7.14. The summed E-state index contributed by atoms with van der Waals surface area (Å²) in [4.78, 5) is 0. The molecule has 0 aromatic heterocycles. The highest BCUT2D eigenvalue weighted by atomic mass is 16.3. The summed E-state index contributed by atoms with van der Waals surface area (Å²) in [5.74, 6) is 0.769. The van der Waals surface area contributed by atoms with Crippen LogP contribution in [0, 0.1) is 5.92 Å². The van der Waals surface area contributed by atoms with Crippen LogP contribution in [0.4, 0.5) is 0 Å². The van der Waals surface area contributed by atoms with Gasteiger partial charge in [0.05, 0.1) is 6.10 Å². The van der Waals surface area contributed by atoms with Crippen LogP contribution in [0.15, 0.2) is 0 Å². The minimum atomic E-state index is -0.157. The maximum Gasteiger partial charge on any atom is 0.0667 e. The number of hydrogen-bond donors (Lipinski definition) is 2. The van der Waals surface area contributed by atoms with Gasteiger partial charge in [-0.3, -0.25) is 0 Å². The average molecular weight is 141 g/mol. The summed E-state index contributed by atoms with van der Waals surface area (Å²) >= 11 is 0. The lowest BCUT2D eigenvalue weighted by Crippen LogP contribution is -2.42. The van der Waals surface area contributed by atoms with Crippen molar-refractivity contribution in [3.63, 3.8) is 0 Å². The molecule has 10 heavy (non-hydrogen) atoms. The largest absolute Gasteiger partial charge is 0.392 e. The normalized spacial score (nSPS) is 48.0. The standard InChI is InChI=1S/C8H15NO/c1-5(10)8-6-2-3-7(4-6)9-8/h5-10H,2-4H2,1H3/t5-,6?,7?,8+/m1/s1. The van der Waals surface area contributed by atoms with Crippen molar-refractivity contribution >= 4 is 0 Å². The molecule has 2 N–H and O–H groups in total. The Bertz CT molecular complexity index is 135. The van der Waals surface area contributed by atoms with Gasteiger partial charge in [-0.2, -0.15) is 0 Å². The summed E-state index contributed by atoms with van der Waals surface area (Å²) in [6, 6.07) is 1.13. The van der Waals surface area contributed by atoms with E-state index in [1.165, 1.54) is 19.3 Å². The average Bonchev–Trinajstić information content (AvgIpc) is 2.44. The molecule has 0 aromatic carbocycles. The summed E-state index contributed by atoms with van der Waals surface area (Å²) in [5, 5.41) is 12.8. The Morgan fingerprint density at radius 2 is 2.30 bits per heavy atom. The first-order valence-corrected chi connectivity index (χ1v) is 4.21. The van der Waals surface area contributed by atoms with Crippen molar-refractivity contribution in [2.45, 2.75) is 44.4 Å². The summed E-state index contributed by atoms with van der Waals surface area (Å²) in [6.45, 7) is 1.89. The van der Waals surface area contributed by atoms with E-state index in [1.807, 2.05) is 6.92 Å². The molecule has 1 saturated heterocycles. The molecule has 0 aromatic rings. The summed E-state index contributed by atoms with van der Waals surface area (Å²) in [6.07, 6.45) is 3.80. The number of aliphatic hydroxyl groups is 1. The van der Waals surface area contributed by atoms with Crippen LogP contribution in [-0.4, -0.2) is 23.3 Å². The van der Waals surface area contributed by atoms with Crippen LogP contribution in [0.25, 0.3) is 0 Å². The molecule has 1 aliphatic heterocycles. The fraction of sp³-hybridized carbons (Fsp3) is 1.00. The van der Waals surface area contributed by atoms with Gasteiger partial charge in [0.25, 0.3) is 0 Å². The topological polar surface area (TPSA) is 32.3 Å². The van der Waals surface area contributed by atoms with Crippen molar-refractivity contribution in [2.75, 3.05) is 0 Å². The minimum Gasteiger partial charge on any atom is -0.392 e. The Balaban J connectivity index is 2.02. The molecule has 0 radical (unpaired) electrons. The van der Waals surface area contributed by atoms with E-state index in [2.05, 4.69) is 5.32 Å². The number of piperidine rings is 1. The van der Waals surface area contributed by atoms with Crippen molar-refractivity contribution in [1.29, 1.82) is 0 Å². The Hall–Kier alpha value is -0.0800. The zero-order valence-electron chi connectivity index (χ0n) is 6.38. The number of hydrogen-bond acceptors (Lipinski definition) is 2. The quantitative estimate of drug-likeness (QED) is 0.557. The van der Waals surface area contributed by atoms with Gasteiger partial charge in [-0.25, -0.2) is 0 Å². The van der Waals surface area contributed by atoms with E-state index in [9.17, 15) is 5.11 Å². The van der Waals surface area contributed by atoms with Gasteiger partial charge in [-0.1, -0.05) is 0 Å². The third-order valence-electron chi connectivity index (χ3n) is 2.93. The zero-order valence-corrected chi connectivity index (χ0v) is 6.38. The van der Waals surface area contributed by atoms with Crippen LogP contribution in [0.1, 0.15) is 26.2 Å². The maximum atomic E-state index is 9.31. The van der Waals surface area contributed by atoms with E-state index in [1.54, 1.807) is 0 Å². The van der Waals surface area contributed by atoms with Gasteiger partial charge >= 0.3 is 0 Å². The Kier molecular flexibility index (Phi) is 1.46. The lowest BCUT2D eigenvalue weighted by molar-refractivity contribution is 0.122. The maximum absolute atomic E-state index is 9.31. The van der Waals surface area contributed by atoms with Gasteiger partial charge in [-0.15, -0.1) is 0 Å². The second-order valence-corrected chi connectivity index (χ2v) is 3.70. The van der Waals surface area contributed by atoms with Crippen molar-refractivity contribution in [1.82, 2.24) is 5.32 Å². The van der Waals surface area contributed by atoms with Crippen LogP contribution in [0.5, 0.6) is 0 Å². The third-order valence-corrected chi connectivity index (χ3v) is 2.93. The fourth-order valence-corrected chi connectivity index (χ4v) is 2.44. The molecular formula is C8H15NO. The first-order valence-electron chi connectivity index (χ1n) is 4.21. The first-order chi connectivity index (χ1) is 4.77. The van der Waals surface area contributed by atoms with Crippen LogP contribution in [-0.2, 0) is 0 Å². The predicted molar refractivity (Wildman–Crippen MR) is 39.7 cm³/mol. The van der Waals surface area contributed by atoms with Gasteiger partial charge in [0.15, 0.2) is 0 Å². The Labute approximate surface area is 61.6 Å². The van der Waals surface area contributed by atoms with Gasteiger partial charge in [0.1, 0.15) is 0 Å². The van der Waals surface area contributed by atoms with Crippen LogP contribution in [0.3, 0.4) is 0 Å². The van der Waals surface area contributed by atoms with Crippen molar-refractivity contribution in [3.05, 3.63) is 0 Å². The van der Waals surface area contributed by atoms with Crippen LogP contribution < -0.4 is 5.32 Å². The predicted octanol–water partition coefficient (Wildman–Crippen LogP) is 0.508. The number of nitrogens with one attached hydrogen (secondary N) is 1. The molecule has 0 amide bonds. The van der Waals surface area contributed by atoms with E-state index in [0.717, 1.165) is 12.0 Å². The minimum absolute atomic E-state index is 0.157. The molecule has 2 bridgehead atoms. The van der Waals surface area contributed by atoms with Gasteiger partial charge in [-0.05, 0) is 32.1 Å². The highest BCUT2D eigenvalue weighted by molar-refractivity contribution is 4.98. The van der Waals surface area contributed by atoms with Gasteiger partial charge < -0.3 is 10.4 Å². The number of aliphatic hydroxyl groups excluding tert-OH is 1. The van der Waals surface area contributed by atoms with Crippen LogP contribution in [0.2, 0.25) is 0 Å². The lowest BCUT2D eigenvalue weighted by atomic mass is 9.96. The molecular weight excluding hydrogens is 126 g/mol. The first kappa shape index (κ1) is 6.62. The third kappa shape index (κ3) is 0.867. The Morgan fingerprint density at radius 3 is 2.60 bits per heavy atom. The van der Waals surface area contributed by atoms with E-state index >= 15 is 0 Å². The van der Waals surface area contributed by atoms with E-state index < -0.39 is 0 Å². The van der Waals surface area contributed by atoms with Gasteiger partial charge in [0, 0.05) is 12.1 Å². The number of rotatable bonds is 1. The molecule has 1 heterocycles. The SMILES string of the molecule is C[C@@H](O)[C@@H]1NC2CCC1C2. The summed E-state index contributed by atoms with van der Waals surface area (Å²) < 4.78 is 0. The van der Waals surface area contributed by atoms with Crippen molar-refractivity contribution in [2.24, 2.45) is 5.92 Å². The molecule has 1 saturated carbocycles. The molecule has 2 heteroatoms. The molecule has 2 aliphatic rings. The Morgan fingerprint density at radius 1 is 1.50 bits per heavy atom. The number of fused-ring (bicyclic) bond motifs is 2. The highest BCUT2D eigenvalue weighted by Gasteiger charge is 2.40. The fourth-order valence-electron chi connectivity index (χ4n) is 2.44. The molecule has 2 nitrogen and oxygen atoms in total. The molecule has 2 fully saturated rings. The molecule has 0 spiro atoms. The second-order valence-electron chi connectivity index (χ2n) is 3.70. The second kappa shape index (κ2) is 2.21. The van der Waals surface area contributed by atoms with E-state index in [4.69, 9.17) is 0 Å². The summed E-state index contributed by atoms with van der Waals surface area (Å²) in [7, 11) is 0. The molecule has 2 rings (SSSR count). The van der Waals surface area contributed by atoms with E-state index in [0.29, 0.717) is 6.04 Å². The molecule has 1 aliphatic carbocycles. The lowest BCUT2D eigenvalue weighted by Gasteiger charge is -2.25. The highest BCUT2D eigenvalue weighted by Crippen LogP contribution is 2.36. The van der Waals surface area contributed by atoms with E-state index in [-0.39, 0.29) is 6.10 Å². The monoisotopic (exact) mass is 141 g/mol.